The number of rotatable bonds is 5. The van der Waals surface area contributed by atoms with Crippen LogP contribution < -0.4 is 0 Å². The maximum absolute atomic E-state index is 12.9. The molecule has 0 amide bonds. The quantitative estimate of drug-likeness (QED) is 0.865. The van der Waals surface area contributed by atoms with Gasteiger partial charge in [0.25, 0.3) is 0 Å². The molecule has 0 spiro atoms. The van der Waals surface area contributed by atoms with E-state index >= 15 is 0 Å². The Kier molecular flexibility index (Phi) is 4.67. The van der Waals surface area contributed by atoms with Crippen LogP contribution in [-0.4, -0.2) is 62.2 Å². The molecule has 118 valence electrons. The van der Waals surface area contributed by atoms with Gasteiger partial charge in [0.2, 0.25) is 10.0 Å². The van der Waals surface area contributed by atoms with Crippen LogP contribution in [0.1, 0.15) is 12.0 Å². The van der Waals surface area contributed by atoms with E-state index in [9.17, 15) is 17.9 Å². The highest BCUT2D eigenvalue weighted by atomic mass is 32.2. The van der Waals surface area contributed by atoms with Crippen LogP contribution in [0.5, 0.6) is 0 Å². The zero-order valence-electron chi connectivity index (χ0n) is 12.3. The van der Waals surface area contributed by atoms with Crippen molar-refractivity contribution in [3.8, 4) is 0 Å². The fourth-order valence-corrected chi connectivity index (χ4v) is 3.34. The van der Waals surface area contributed by atoms with Crippen LogP contribution in [0.4, 0.5) is 4.39 Å². The van der Waals surface area contributed by atoms with E-state index in [1.807, 2.05) is 4.90 Å². The number of aliphatic hydroxyl groups is 1. The molecular weight excluding hydrogens is 295 g/mol. The van der Waals surface area contributed by atoms with Crippen molar-refractivity contribution in [2.45, 2.75) is 12.0 Å². The summed E-state index contributed by atoms with van der Waals surface area (Å²) in [6, 6.07) is 5.81. The molecule has 1 saturated heterocycles. The van der Waals surface area contributed by atoms with E-state index in [-0.39, 0.29) is 11.6 Å². The molecule has 1 heterocycles. The summed E-state index contributed by atoms with van der Waals surface area (Å²) < 4.78 is 37.6. The molecule has 0 aromatic heterocycles. The topological polar surface area (TPSA) is 60.9 Å². The van der Waals surface area contributed by atoms with Gasteiger partial charge in [0.05, 0.1) is 5.75 Å². The van der Waals surface area contributed by atoms with Gasteiger partial charge in [-0.1, -0.05) is 12.1 Å². The molecule has 7 heteroatoms. The second-order valence-corrected chi connectivity index (χ2v) is 7.97. The number of sulfonamides is 1. The summed E-state index contributed by atoms with van der Waals surface area (Å²) in [6.07, 6.45) is 0.515. The maximum Gasteiger partial charge on any atom is 0.214 e. The number of hydrogen-bond donors (Lipinski definition) is 1. The first-order chi connectivity index (χ1) is 9.73. The Bertz CT molecular complexity index is 589. The van der Waals surface area contributed by atoms with Crippen molar-refractivity contribution >= 4 is 10.0 Å². The van der Waals surface area contributed by atoms with Crippen molar-refractivity contribution in [2.75, 3.05) is 39.5 Å². The predicted molar refractivity (Wildman–Crippen MR) is 78.8 cm³/mol. The molecule has 1 fully saturated rings. The van der Waals surface area contributed by atoms with E-state index in [1.165, 1.54) is 30.5 Å². The molecule has 0 radical (unpaired) electrons. The Balaban J connectivity index is 1.98. The fourth-order valence-electron chi connectivity index (χ4n) is 2.48. The van der Waals surface area contributed by atoms with Gasteiger partial charge in [0.1, 0.15) is 11.4 Å². The normalized spacial score (nSPS) is 23.9. The first-order valence-electron chi connectivity index (χ1n) is 6.84. The molecule has 0 saturated carbocycles. The SMILES string of the molecule is CN(C)S(=O)(=O)CCN1CCC(O)(c2ccc(F)cc2)C1. The van der Waals surface area contributed by atoms with Gasteiger partial charge in [-0.3, -0.25) is 4.90 Å². The lowest BCUT2D eigenvalue weighted by molar-refractivity contribution is 0.0467. The third-order valence-electron chi connectivity index (χ3n) is 3.93. The monoisotopic (exact) mass is 316 g/mol. The van der Waals surface area contributed by atoms with Crippen LogP contribution in [-0.2, 0) is 15.6 Å². The number of halogens is 1. The Hall–Kier alpha value is -1.02. The van der Waals surface area contributed by atoms with E-state index in [0.717, 1.165) is 0 Å². The Morgan fingerprint density at radius 3 is 2.52 bits per heavy atom. The zero-order chi connectivity index (χ0) is 15.7. The molecule has 1 aromatic carbocycles. The molecule has 1 unspecified atom stereocenters. The summed E-state index contributed by atoms with van der Waals surface area (Å²) in [4.78, 5) is 1.92. The van der Waals surface area contributed by atoms with Crippen LogP contribution in [0.15, 0.2) is 24.3 Å². The lowest BCUT2D eigenvalue weighted by atomic mass is 9.93. The molecule has 5 nitrogen and oxygen atoms in total. The largest absolute Gasteiger partial charge is 0.384 e. The Morgan fingerprint density at radius 2 is 1.95 bits per heavy atom. The van der Waals surface area contributed by atoms with Crippen LogP contribution >= 0.6 is 0 Å². The van der Waals surface area contributed by atoms with Crippen molar-refractivity contribution < 1.29 is 17.9 Å². The number of hydrogen-bond acceptors (Lipinski definition) is 4. The van der Waals surface area contributed by atoms with Gasteiger partial charge in [-0.05, 0) is 24.1 Å². The Morgan fingerprint density at radius 1 is 1.33 bits per heavy atom. The average molecular weight is 316 g/mol. The molecule has 1 aliphatic rings. The van der Waals surface area contributed by atoms with Crippen molar-refractivity contribution in [1.29, 1.82) is 0 Å². The van der Waals surface area contributed by atoms with Crippen LogP contribution in [0, 0.1) is 5.82 Å². The van der Waals surface area contributed by atoms with Crippen LogP contribution in [0.3, 0.4) is 0 Å². The van der Waals surface area contributed by atoms with Crippen molar-refractivity contribution in [1.82, 2.24) is 9.21 Å². The lowest BCUT2D eigenvalue weighted by Gasteiger charge is -2.24. The molecule has 1 aromatic rings. The molecule has 0 aliphatic carbocycles. The molecular formula is C14H21FN2O3S. The fraction of sp³-hybridized carbons (Fsp3) is 0.571. The molecule has 0 bridgehead atoms. The smallest absolute Gasteiger partial charge is 0.214 e. The second-order valence-electron chi connectivity index (χ2n) is 5.66. The summed E-state index contributed by atoms with van der Waals surface area (Å²) in [5.41, 5.74) is -0.364. The van der Waals surface area contributed by atoms with E-state index in [0.29, 0.717) is 31.6 Å². The van der Waals surface area contributed by atoms with Gasteiger partial charge < -0.3 is 5.11 Å². The van der Waals surface area contributed by atoms with Gasteiger partial charge in [-0.2, -0.15) is 0 Å². The van der Waals surface area contributed by atoms with Gasteiger partial charge >= 0.3 is 0 Å². The van der Waals surface area contributed by atoms with Gasteiger partial charge in [-0.15, -0.1) is 0 Å². The Labute approximate surface area is 125 Å². The lowest BCUT2D eigenvalue weighted by Crippen LogP contribution is -2.35. The van der Waals surface area contributed by atoms with Crippen molar-refractivity contribution in [3.63, 3.8) is 0 Å². The van der Waals surface area contributed by atoms with Crippen LogP contribution in [0.25, 0.3) is 0 Å². The van der Waals surface area contributed by atoms with Crippen molar-refractivity contribution in [2.24, 2.45) is 0 Å². The first-order valence-corrected chi connectivity index (χ1v) is 8.45. The maximum atomic E-state index is 12.9. The minimum absolute atomic E-state index is 0.0273. The van der Waals surface area contributed by atoms with E-state index < -0.39 is 15.6 Å². The third kappa shape index (κ3) is 3.79. The van der Waals surface area contributed by atoms with Gasteiger partial charge in [0.15, 0.2) is 0 Å². The molecule has 2 rings (SSSR count). The summed E-state index contributed by atoms with van der Waals surface area (Å²) in [5.74, 6) is -0.311. The summed E-state index contributed by atoms with van der Waals surface area (Å²) >= 11 is 0. The summed E-state index contributed by atoms with van der Waals surface area (Å²) in [5, 5.41) is 10.6. The highest BCUT2D eigenvalue weighted by molar-refractivity contribution is 7.89. The molecule has 1 atom stereocenters. The highest BCUT2D eigenvalue weighted by Crippen LogP contribution is 2.31. The number of benzene rings is 1. The highest BCUT2D eigenvalue weighted by Gasteiger charge is 2.37. The van der Waals surface area contributed by atoms with Gasteiger partial charge in [-0.25, -0.2) is 17.1 Å². The molecule has 1 aliphatic heterocycles. The first kappa shape index (κ1) is 16.4. The average Bonchev–Trinajstić information content (AvgIpc) is 2.80. The number of nitrogens with zero attached hydrogens (tertiary/aromatic N) is 2. The molecule has 21 heavy (non-hydrogen) atoms. The summed E-state index contributed by atoms with van der Waals surface area (Å²) in [7, 11) is -0.217. The standard InChI is InChI=1S/C14H21FN2O3S/c1-16(2)21(19,20)10-9-17-8-7-14(18,11-17)12-3-5-13(15)6-4-12/h3-6,18H,7-11H2,1-2H3. The van der Waals surface area contributed by atoms with E-state index in [4.69, 9.17) is 0 Å². The third-order valence-corrected chi connectivity index (χ3v) is 5.74. The van der Waals surface area contributed by atoms with E-state index in [1.54, 1.807) is 12.1 Å². The zero-order valence-corrected chi connectivity index (χ0v) is 13.1. The number of β-amino-alcohol motifs (C(OH)–C–C–N with tert-alkyl or cyclic N) is 1. The second kappa shape index (κ2) is 6.00. The van der Waals surface area contributed by atoms with Crippen molar-refractivity contribution in [3.05, 3.63) is 35.6 Å². The summed E-state index contributed by atoms with van der Waals surface area (Å²) in [6.45, 7) is 1.36. The molecule has 1 N–H and O–H groups in total. The van der Waals surface area contributed by atoms with Gasteiger partial charge in [0, 0.05) is 33.7 Å². The predicted octanol–water partition coefficient (Wildman–Crippen LogP) is 0.610. The van der Waals surface area contributed by atoms with E-state index in [2.05, 4.69) is 0 Å². The minimum atomic E-state index is -3.23. The number of likely N-dealkylation sites (tertiary alicyclic amines) is 1. The minimum Gasteiger partial charge on any atom is -0.384 e. The van der Waals surface area contributed by atoms with Crippen LogP contribution in [0.2, 0.25) is 0 Å².